The molecule has 15 nitrogen and oxygen atoms in total. The maximum atomic E-state index is 12.5. The second kappa shape index (κ2) is 10.6. The maximum absolute atomic E-state index is 12.5. The van der Waals surface area contributed by atoms with E-state index in [-0.39, 0.29) is 23.1 Å². The minimum absolute atomic E-state index is 0.00662. The third-order valence-corrected chi connectivity index (χ3v) is 4.92. The number of nitrogens with two attached hydrogens (primary N) is 1. The number of nitrogens with zero attached hydrogens (tertiary/aromatic N) is 7. The number of ether oxygens (including phenoxy) is 3. The monoisotopic (exact) mass is 485 g/mol. The molecule has 2 aromatic heterocycles. The summed E-state index contributed by atoms with van der Waals surface area (Å²) in [7, 11) is 0. The zero-order valence-corrected chi connectivity index (χ0v) is 19.0. The van der Waals surface area contributed by atoms with Crippen LogP contribution in [-0.2, 0) is 4.74 Å². The topological polar surface area (TPSA) is 185 Å². The van der Waals surface area contributed by atoms with Crippen LogP contribution in [0.2, 0.25) is 0 Å². The van der Waals surface area contributed by atoms with Crippen LogP contribution >= 0.6 is 0 Å². The lowest BCUT2D eigenvalue weighted by Gasteiger charge is -2.26. The fourth-order valence-corrected chi connectivity index (χ4v) is 3.16. The summed E-state index contributed by atoms with van der Waals surface area (Å²) in [5.74, 6) is 0.170. The lowest BCUT2D eigenvalue weighted by atomic mass is 10.2. The van der Waals surface area contributed by atoms with Gasteiger partial charge in [-0.25, -0.2) is 14.8 Å². The van der Waals surface area contributed by atoms with Crippen LogP contribution in [0.3, 0.4) is 0 Å². The van der Waals surface area contributed by atoms with Gasteiger partial charge in [0.25, 0.3) is 5.91 Å². The van der Waals surface area contributed by atoms with Crippen LogP contribution in [0.15, 0.2) is 27.9 Å². The van der Waals surface area contributed by atoms with Crippen LogP contribution < -0.4 is 20.6 Å². The largest absolute Gasteiger partial charge is 0.490 e. The lowest BCUT2D eigenvalue weighted by Crippen LogP contribution is -2.42. The molecule has 0 saturated carbocycles. The van der Waals surface area contributed by atoms with Gasteiger partial charge in [-0.15, -0.1) is 5.10 Å². The van der Waals surface area contributed by atoms with Gasteiger partial charge < -0.3 is 24.8 Å². The van der Waals surface area contributed by atoms with Gasteiger partial charge in [-0.3, -0.25) is 4.79 Å². The number of hydrazone groups is 1. The van der Waals surface area contributed by atoms with Gasteiger partial charge in [0.05, 0.1) is 31.7 Å². The number of carbonyl (C=O) groups is 2. The number of carbonyl (C=O) groups excluding carboxylic acids is 2. The Morgan fingerprint density at radius 3 is 2.77 bits per heavy atom. The highest BCUT2D eigenvalue weighted by Crippen LogP contribution is 2.28. The quantitative estimate of drug-likeness (QED) is 0.351. The maximum Gasteiger partial charge on any atom is 0.415 e. The second-order valence-corrected chi connectivity index (χ2v) is 7.21. The van der Waals surface area contributed by atoms with Crippen molar-refractivity contribution < 1.29 is 28.4 Å². The van der Waals surface area contributed by atoms with Crippen molar-refractivity contribution >= 4 is 24.0 Å². The fraction of sp³-hybridized carbons (Fsp3) is 0.350. The number of morpholine rings is 1. The van der Waals surface area contributed by atoms with E-state index in [2.05, 4.69) is 35.8 Å². The van der Waals surface area contributed by atoms with E-state index in [9.17, 15) is 9.59 Å². The predicted molar refractivity (Wildman–Crippen MR) is 119 cm³/mol. The van der Waals surface area contributed by atoms with Crippen LogP contribution in [0.5, 0.6) is 11.5 Å². The van der Waals surface area contributed by atoms with E-state index >= 15 is 0 Å². The number of amides is 2. The van der Waals surface area contributed by atoms with Crippen LogP contribution in [0.25, 0.3) is 5.82 Å². The summed E-state index contributed by atoms with van der Waals surface area (Å²) in [4.78, 5) is 26.5. The molecule has 1 fully saturated rings. The summed E-state index contributed by atoms with van der Waals surface area (Å²) < 4.78 is 22.1. The van der Waals surface area contributed by atoms with Crippen LogP contribution in [0, 0.1) is 6.92 Å². The summed E-state index contributed by atoms with van der Waals surface area (Å²) in [5.41, 5.74) is 9.02. The van der Waals surface area contributed by atoms with Gasteiger partial charge in [-0.1, -0.05) is 5.21 Å². The Morgan fingerprint density at radius 1 is 1.26 bits per heavy atom. The van der Waals surface area contributed by atoms with Crippen molar-refractivity contribution in [3.63, 3.8) is 0 Å². The van der Waals surface area contributed by atoms with E-state index in [1.807, 2.05) is 6.92 Å². The number of aromatic nitrogens is 5. The van der Waals surface area contributed by atoms with Crippen molar-refractivity contribution in [3.05, 3.63) is 35.2 Å². The lowest BCUT2D eigenvalue weighted by molar-refractivity contribution is 0.0413. The molecule has 0 unspecified atom stereocenters. The average Bonchev–Trinajstić information content (AvgIpc) is 3.46. The average molecular weight is 485 g/mol. The molecular weight excluding hydrogens is 462 g/mol. The van der Waals surface area contributed by atoms with E-state index in [0.717, 1.165) is 0 Å². The Kier molecular flexibility index (Phi) is 7.15. The van der Waals surface area contributed by atoms with Crippen molar-refractivity contribution in [1.82, 2.24) is 35.6 Å². The first kappa shape index (κ1) is 23.6. The van der Waals surface area contributed by atoms with Crippen LogP contribution in [-0.4, -0.2) is 81.3 Å². The summed E-state index contributed by atoms with van der Waals surface area (Å²) in [6, 6.07) is 4.91. The van der Waals surface area contributed by atoms with E-state index in [4.69, 9.17) is 19.9 Å². The number of hydrogen-bond donors (Lipinski definition) is 2. The Hall–Kier alpha value is -4.53. The SMILES string of the molecule is CCOc1cc(/C=N\NC(=O)c2nnn(-c3nonc3N)c2C)ccc1OC(=O)N1CCOCC1. The molecule has 1 saturated heterocycles. The van der Waals surface area contributed by atoms with Gasteiger partial charge in [0.1, 0.15) is 0 Å². The molecule has 1 aliphatic heterocycles. The van der Waals surface area contributed by atoms with Gasteiger partial charge in [-0.05, 0) is 47.9 Å². The molecule has 0 aliphatic carbocycles. The molecule has 0 atom stereocenters. The Labute approximate surface area is 198 Å². The number of benzene rings is 1. The molecule has 1 aromatic carbocycles. The third-order valence-electron chi connectivity index (χ3n) is 4.92. The van der Waals surface area contributed by atoms with Crippen molar-refractivity contribution in [3.8, 4) is 17.3 Å². The molecular formula is C20H23N9O6. The third kappa shape index (κ3) is 5.35. The Balaban J connectivity index is 1.42. The smallest absolute Gasteiger partial charge is 0.415 e. The van der Waals surface area contributed by atoms with Crippen LogP contribution in [0.1, 0.15) is 28.7 Å². The van der Waals surface area contributed by atoms with Gasteiger partial charge in [-0.2, -0.15) is 9.78 Å². The minimum atomic E-state index is -0.596. The molecule has 2 amide bonds. The second-order valence-electron chi connectivity index (χ2n) is 7.21. The summed E-state index contributed by atoms with van der Waals surface area (Å²) in [5, 5.41) is 18.7. The normalized spacial score (nSPS) is 13.7. The molecule has 3 heterocycles. The van der Waals surface area contributed by atoms with Crippen molar-refractivity contribution in [1.29, 1.82) is 0 Å². The molecule has 35 heavy (non-hydrogen) atoms. The number of hydrogen-bond acceptors (Lipinski definition) is 12. The minimum Gasteiger partial charge on any atom is -0.490 e. The number of anilines is 1. The van der Waals surface area contributed by atoms with E-state index in [1.165, 1.54) is 10.9 Å². The highest BCUT2D eigenvalue weighted by atomic mass is 16.6. The van der Waals surface area contributed by atoms with Gasteiger partial charge in [0.15, 0.2) is 17.2 Å². The predicted octanol–water partition coefficient (Wildman–Crippen LogP) is 0.535. The number of rotatable bonds is 7. The van der Waals surface area contributed by atoms with Crippen molar-refractivity contribution in [2.45, 2.75) is 13.8 Å². The Morgan fingerprint density at radius 2 is 2.06 bits per heavy atom. The molecule has 184 valence electrons. The first-order valence-corrected chi connectivity index (χ1v) is 10.6. The molecule has 3 N–H and O–H groups in total. The standard InChI is InChI=1S/C20H23N9O6/c1-3-33-15-10-13(4-5-14(15)34-20(31)28-6-8-32-9-7-28)11-22-24-19(30)16-12(2)29(27-23-16)18-17(21)25-35-26-18/h4-5,10-11H,3,6-9H2,1-2H3,(H2,21,25)(H,24,30)/b22-11-. The Bertz CT molecular complexity index is 1230. The first-order chi connectivity index (χ1) is 17.0. The van der Waals surface area contributed by atoms with E-state index in [1.54, 1.807) is 30.0 Å². The molecule has 0 spiro atoms. The molecule has 4 rings (SSSR count). The van der Waals surface area contributed by atoms with Gasteiger partial charge >= 0.3 is 6.09 Å². The zero-order chi connectivity index (χ0) is 24.8. The molecule has 1 aliphatic rings. The van der Waals surface area contributed by atoms with Gasteiger partial charge in [0.2, 0.25) is 11.6 Å². The molecule has 0 radical (unpaired) electrons. The number of nitrogen functional groups attached to an aromatic ring is 1. The molecule has 0 bridgehead atoms. The summed E-state index contributed by atoms with van der Waals surface area (Å²) in [6.07, 6.45) is 0.933. The highest BCUT2D eigenvalue weighted by Gasteiger charge is 2.22. The first-order valence-electron chi connectivity index (χ1n) is 10.6. The molecule has 3 aromatic rings. The van der Waals surface area contributed by atoms with E-state index in [0.29, 0.717) is 49.9 Å². The zero-order valence-electron chi connectivity index (χ0n) is 19.0. The van der Waals surface area contributed by atoms with Crippen molar-refractivity contribution in [2.24, 2.45) is 5.10 Å². The fourth-order valence-electron chi connectivity index (χ4n) is 3.16. The van der Waals surface area contributed by atoms with Crippen LogP contribution in [0.4, 0.5) is 10.6 Å². The van der Waals surface area contributed by atoms with E-state index < -0.39 is 12.0 Å². The van der Waals surface area contributed by atoms with Gasteiger partial charge in [0, 0.05) is 13.1 Å². The summed E-state index contributed by atoms with van der Waals surface area (Å²) >= 11 is 0. The van der Waals surface area contributed by atoms with Crippen molar-refractivity contribution in [2.75, 3.05) is 38.6 Å². The number of nitrogens with one attached hydrogen (secondary N) is 1. The summed E-state index contributed by atoms with van der Waals surface area (Å²) in [6.45, 7) is 5.64. The highest BCUT2D eigenvalue weighted by molar-refractivity contribution is 5.94. The molecule has 15 heteroatoms.